The van der Waals surface area contributed by atoms with Gasteiger partial charge >= 0.3 is 0 Å². The van der Waals surface area contributed by atoms with Crippen LogP contribution in [0.5, 0.6) is 0 Å². The lowest BCUT2D eigenvalue weighted by atomic mass is 10.1. The Bertz CT molecular complexity index is 900. The molecule has 1 aromatic heterocycles. The van der Waals surface area contributed by atoms with Crippen LogP contribution in [0.3, 0.4) is 0 Å². The third kappa shape index (κ3) is 3.50. The van der Waals surface area contributed by atoms with Crippen molar-refractivity contribution < 1.29 is 4.79 Å². The lowest BCUT2D eigenvalue weighted by Gasteiger charge is -2.28. The fraction of sp³-hybridized carbons (Fsp3) is 0.200. The maximum Gasteiger partial charge on any atom is 0.168 e. The van der Waals surface area contributed by atoms with E-state index in [-0.39, 0.29) is 0 Å². The van der Waals surface area contributed by atoms with Crippen LogP contribution in [0.1, 0.15) is 10.5 Å². The second kappa shape index (κ2) is 7.56. The summed E-state index contributed by atoms with van der Waals surface area (Å²) in [6.07, 6.45) is 0.806. The predicted molar refractivity (Wildman–Crippen MR) is 109 cm³/mol. The van der Waals surface area contributed by atoms with Gasteiger partial charge in [-0.15, -0.1) is 0 Å². The van der Waals surface area contributed by atoms with E-state index in [0.717, 1.165) is 30.5 Å². The van der Waals surface area contributed by atoms with Gasteiger partial charge in [0.15, 0.2) is 6.29 Å². The van der Waals surface area contributed by atoms with Crippen molar-refractivity contribution in [2.24, 2.45) is 0 Å². The molecule has 1 aliphatic heterocycles. The highest BCUT2D eigenvalue weighted by atomic mass is 35.5. The quantitative estimate of drug-likeness (QED) is 0.660. The van der Waals surface area contributed by atoms with E-state index in [9.17, 15) is 4.79 Å². The zero-order valence-corrected chi connectivity index (χ0v) is 15.7. The van der Waals surface area contributed by atoms with E-state index in [0.29, 0.717) is 22.2 Å². The summed E-state index contributed by atoms with van der Waals surface area (Å²) in [5.74, 6) is 3.04. The van der Waals surface area contributed by atoms with Gasteiger partial charge in [0.25, 0.3) is 0 Å². The number of hydrogen-bond donors (Lipinski definition) is 1. The molecular formula is C20H18ClN3OS. The highest BCUT2D eigenvalue weighted by Gasteiger charge is 2.14. The van der Waals surface area contributed by atoms with Gasteiger partial charge in [-0.25, -0.2) is 4.98 Å². The molecule has 2 aromatic carbocycles. The fourth-order valence-corrected chi connectivity index (χ4v) is 4.12. The number of carbonyl (C=O) groups excluding carboxylic acids is 1. The summed E-state index contributed by atoms with van der Waals surface area (Å²) >= 11 is 7.95. The van der Waals surface area contributed by atoms with Crippen molar-refractivity contribution in [2.75, 3.05) is 29.5 Å². The van der Waals surface area contributed by atoms with Crippen molar-refractivity contribution in [1.29, 1.82) is 0 Å². The number of aromatic amines is 1. The Balaban J connectivity index is 1.63. The summed E-state index contributed by atoms with van der Waals surface area (Å²) in [6.45, 7) is 2.17. The predicted octanol–water partition coefficient (Wildman–Crippen LogP) is 4.76. The van der Waals surface area contributed by atoms with Crippen molar-refractivity contribution in [2.45, 2.75) is 0 Å². The van der Waals surface area contributed by atoms with E-state index in [1.54, 1.807) is 12.1 Å². The summed E-state index contributed by atoms with van der Waals surface area (Å²) in [7, 11) is 0. The minimum absolute atomic E-state index is 0.472. The number of aldehydes is 1. The summed E-state index contributed by atoms with van der Waals surface area (Å²) in [5.41, 5.74) is 4.17. The molecule has 0 atom stereocenters. The second-order valence-electron chi connectivity index (χ2n) is 6.12. The van der Waals surface area contributed by atoms with E-state index in [1.807, 2.05) is 23.9 Å². The van der Waals surface area contributed by atoms with E-state index >= 15 is 0 Å². The molecule has 0 bridgehead atoms. The van der Waals surface area contributed by atoms with Crippen LogP contribution in [0.25, 0.3) is 22.6 Å². The highest BCUT2D eigenvalue weighted by Crippen LogP contribution is 2.28. The van der Waals surface area contributed by atoms with Crippen LogP contribution in [-0.2, 0) is 0 Å². The number of benzene rings is 2. The molecule has 0 spiro atoms. The number of nitrogens with zero attached hydrogens (tertiary/aromatic N) is 2. The van der Waals surface area contributed by atoms with Gasteiger partial charge in [-0.1, -0.05) is 23.7 Å². The Kier molecular flexibility index (Phi) is 5.00. The lowest BCUT2D eigenvalue weighted by Crippen LogP contribution is -2.32. The molecule has 3 aromatic rings. The number of anilines is 1. The zero-order valence-electron chi connectivity index (χ0n) is 14.1. The summed E-state index contributed by atoms with van der Waals surface area (Å²) < 4.78 is 0. The number of hydrogen-bond acceptors (Lipinski definition) is 4. The van der Waals surface area contributed by atoms with Crippen LogP contribution < -0.4 is 4.90 Å². The number of imidazole rings is 1. The number of rotatable bonds is 4. The van der Waals surface area contributed by atoms with Crippen molar-refractivity contribution >= 4 is 35.3 Å². The van der Waals surface area contributed by atoms with Gasteiger partial charge in [-0.2, -0.15) is 11.8 Å². The van der Waals surface area contributed by atoms with Crippen molar-refractivity contribution in [3.8, 4) is 22.6 Å². The standard InChI is InChI=1S/C20H18ClN3OS/c21-16-5-1-14(2-6-16)19-18(13-25)22-20(23-19)15-3-7-17(8-4-15)24-9-11-26-12-10-24/h1-8,13H,9-12H2,(H,22,23). The number of thioether (sulfide) groups is 1. The molecule has 4 nitrogen and oxygen atoms in total. The topological polar surface area (TPSA) is 49.0 Å². The maximum absolute atomic E-state index is 11.5. The average molecular weight is 384 g/mol. The Hall–Kier alpha value is -2.24. The Morgan fingerprint density at radius 2 is 1.65 bits per heavy atom. The van der Waals surface area contributed by atoms with Gasteiger partial charge in [0.1, 0.15) is 11.5 Å². The molecule has 0 unspecified atom stereocenters. The second-order valence-corrected chi connectivity index (χ2v) is 7.78. The summed E-state index contributed by atoms with van der Waals surface area (Å²) in [6, 6.07) is 15.7. The molecule has 26 heavy (non-hydrogen) atoms. The molecule has 1 aliphatic rings. The molecule has 4 rings (SSSR count). The molecule has 1 N–H and O–H groups in total. The molecule has 2 heterocycles. The SMILES string of the molecule is O=Cc1[nH]c(-c2ccc(N3CCSCC3)cc2)nc1-c1ccc(Cl)cc1. The van der Waals surface area contributed by atoms with E-state index in [2.05, 4.69) is 39.1 Å². The first-order chi connectivity index (χ1) is 12.7. The van der Waals surface area contributed by atoms with E-state index in [1.165, 1.54) is 17.2 Å². The number of carbonyl (C=O) groups is 1. The summed E-state index contributed by atoms with van der Waals surface area (Å²) in [4.78, 5) is 21.6. The first-order valence-corrected chi connectivity index (χ1v) is 10.0. The summed E-state index contributed by atoms with van der Waals surface area (Å²) in [5, 5.41) is 0.656. The Morgan fingerprint density at radius 3 is 2.31 bits per heavy atom. The lowest BCUT2D eigenvalue weighted by molar-refractivity contribution is 0.112. The van der Waals surface area contributed by atoms with Gasteiger partial charge < -0.3 is 9.88 Å². The molecule has 0 aliphatic carbocycles. The highest BCUT2D eigenvalue weighted by molar-refractivity contribution is 7.99. The molecule has 1 fully saturated rings. The van der Waals surface area contributed by atoms with Crippen LogP contribution in [0.2, 0.25) is 5.02 Å². The molecule has 132 valence electrons. The minimum Gasteiger partial charge on any atom is -0.370 e. The van der Waals surface area contributed by atoms with Crippen LogP contribution >= 0.6 is 23.4 Å². The molecule has 0 radical (unpaired) electrons. The normalized spacial score (nSPS) is 14.4. The van der Waals surface area contributed by atoms with Crippen molar-refractivity contribution in [3.63, 3.8) is 0 Å². The third-order valence-electron chi connectivity index (χ3n) is 4.48. The van der Waals surface area contributed by atoms with Crippen LogP contribution in [-0.4, -0.2) is 40.8 Å². The van der Waals surface area contributed by atoms with Gasteiger partial charge in [0.05, 0.1) is 5.69 Å². The first kappa shape index (κ1) is 17.2. The molecule has 6 heteroatoms. The molecule has 1 saturated heterocycles. The van der Waals surface area contributed by atoms with Crippen molar-refractivity contribution in [1.82, 2.24) is 9.97 Å². The third-order valence-corrected chi connectivity index (χ3v) is 5.68. The van der Waals surface area contributed by atoms with Crippen LogP contribution in [0, 0.1) is 0 Å². The number of aromatic nitrogens is 2. The van der Waals surface area contributed by atoms with Gasteiger partial charge in [-0.3, -0.25) is 4.79 Å². The minimum atomic E-state index is 0.472. The smallest absolute Gasteiger partial charge is 0.168 e. The van der Waals surface area contributed by atoms with Crippen LogP contribution in [0.15, 0.2) is 48.5 Å². The van der Waals surface area contributed by atoms with Gasteiger partial charge in [-0.05, 0) is 36.4 Å². The molecule has 0 amide bonds. The monoisotopic (exact) mass is 383 g/mol. The van der Waals surface area contributed by atoms with E-state index < -0.39 is 0 Å². The van der Waals surface area contributed by atoms with Gasteiger partial charge in [0.2, 0.25) is 0 Å². The average Bonchev–Trinajstić information content (AvgIpc) is 3.14. The van der Waals surface area contributed by atoms with Crippen LogP contribution in [0.4, 0.5) is 5.69 Å². The maximum atomic E-state index is 11.5. The molecular weight excluding hydrogens is 366 g/mol. The Labute approximate surface area is 161 Å². The number of H-pyrrole nitrogens is 1. The fourth-order valence-electron chi connectivity index (χ4n) is 3.09. The zero-order chi connectivity index (χ0) is 17.9. The largest absolute Gasteiger partial charge is 0.370 e. The first-order valence-electron chi connectivity index (χ1n) is 8.49. The Morgan fingerprint density at radius 1 is 1.00 bits per heavy atom. The number of halogens is 1. The van der Waals surface area contributed by atoms with Gasteiger partial charge in [0, 0.05) is 46.4 Å². The van der Waals surface area contributed by atoms with E-state index in [4.69, 9.17) is 11.6 Å². The van der Waals surface area contributed by atoms with Crippen molar-refractivity contribution in [3.05, 3.63) is 59.2 Å². The number of nitrogens with one attached hydrogen (secondary N) is 1. The molecule has 0 saturated carbocycles.